The van der Waals surface area contributed by atoms with E-state index in [4.69, 9.17) is 4.42 Å². The largest absolute Gasteiger partial charge is 0.455 e. The first-order valence-electron chi connectivity index (χ1n) is 19.3. The molecule has 268 valence electrons. The van der Waals surface area contributed by atoms with E-state index in [1.165, 1.54) is 42.6 Å². The summed E-state index contributed by atoms with van der Waals surface area (Å²) in [5.74, 6) is 0. The molecule has 0 fully saturated rings. The highest BCUT2D eigenvalue weighted by molar-refractivity contribution is 7.26. The minimum absolute atomic E-state index is 0.903. The Kier molecular flexibility index (Phi) is 8.04. The molecule has 2 nitrogen and oxygen atoms in total. The number of anilines is 3. The van der Waals surface area contributed by atoms with Gasteiger partial charge in [-0.3, -0.25) is 0 Å². The van der Waals surface area contributed by atoms with Crippen LogP contribution in [0.15, 0.2) is 217 Å². The number of para-hydroxylation sites is 2. The summed E-state index contributed by atoms with van der Waals surface area (Å²) in [5, 5.41) is 4.83. The van der Waals surface area contributed by atoms with Gasteiger partial charge in [-0.25, -0.2) is 0 Å². The molecule has 0 aliphatic heterocycles. The highest BCUT2D eigenvalue weighted by atomic mass is 32.1. The molecule has 3 heteroatoms. The first-order valence-corrected chi connectivity index (χ1v) is 20.1. The maximum Gasteiger partial charge on any atom is 0.143 e. The molecule has 0 amide bonds. The lowest BCUT2D eigenvalue weighted by Crippen LogP contribution is -2.10. The molecule has 0 aliphatic rings. The van der Waals surface area contributed by atoms with Crippen molar-refractivity contribution in [3.05, 3.63) is 212 Å². The number of hydrogen-bond donors (Lipinski definition) is 0. The van der Waals surface area contributed by atoms with Gasteiger partial charge in [-0.05, 0) is 99.6 Å². The SMILES string of the molecule is c1ccc(-c2ccc(N(c3ccc(-c4cc(-c5ccccc5)cc(-c5cccc6c5oc5ccccc56)c4)cc3)c3cccc4c3sc3ccccc34)cc2)cc1. The van der Waals surface area contributed by atoms with Crippen molar-refractivity contribution in [2.24, 2.45) is 0 Å². The first-order chi connectivity index (χ1) is 28.2. The molecule has 0 atom stereocenters. The second-order valence-corrected chi connectivity index (χ2v) is 15.5. The summed E-state index contributed by atoms with van der Waals surface area (Å²) in [7, 11) is 0. The molecular weight excluding hydrogens is 711 g/mol. The summed E-state index contributed by atoms with van der Waals surface area (Å²) in [6.07, 6.45) is 0. The predicted octanol–water partition coefficient (Wildman–Crippen LogP) is 16.1. The van der Waals surface area contributed by atoms with Gasteiger partial charge in [0.25, 0.3) is 0 Å². The fourth-order valence-corrected chi connectivity index (χ4v) is 9.50. The van der Waals surface area contributed by atoms with Crippen molar-refractivity contribution in [3.8, 4) is 44.5 Å². The third-order valence-corrected chi connectivity index (χ3v) is 12.3. The van der Waals surface area contributed by atoms with Crippen LogP contribution in [0.25, 0.3) is 86.6 Å². The van der Waals surface area contributed by atoms with Crippen LogP contribution in [-0.2, 0) is 0 Å². The average molecular weight is 746 g/mol. The topological polar surface area (TPSA) is 16.4 Å². The lowest BCUT2D eigenvalue weighted by Gasteiger charge is -2.26. The van der Waals surface area contributed by atoms with Crippen molar-refractivity contribution in [2.75, 3.05) is 4.90 Å². The lowest BCUT2D eigenvalue weighted by molar-refractivity contribution is 0.670. The van der Waals surface area contributed by atoms with E-state index in [2.05, 4.69) is 211 Å². The molecule has 2 aromatic heterocycles. The molecule has 9 aromatic carbocycles. The summed E-state index contributed by atoms with van der Waals surface area (Å²) in [4.78, 5) is 2.41. The summed E-state index contributed by atoms with van der Waals surface area (Å²) in [6.45, 7) is 0. The minimum Gasteiger partial charge on any atom is -0.455 e. The minimum atomic E-state index is 0.903. The second kappa shape index (κ2) is 13.8. The fraction of sp³-hybridized carbons (Fsp3) is 0. The lowest BCUT2D eigenvalue weighted by atomic mass is 9.92. The van der Waals surface area contributed by atoms with E-state index in [9.17, 15) is 0 Å². The summed E-state index contributed by atoms with van der Waals surface area (Å²) < 4.78 is 9.10. The molecule has 0 saturated carbocycles. The number of benzene rings is 9. The first kappa shape index (κ1) is 33.2. The van der Waals surface area contributed by atoms with Gasteiger partial charge in [-0.2, -0.15) is 0 Å². The quantitative estimate of drug-likeness (QED) is 0.162. The Morgan fingerprint density at radius 3 is 1.56 bits per heavy atom. The Labute approximate surface area is 335 Å². The normalized spacial score (nSPS) is 11.5. The van der Waals surface area contributed by atoms with Crippen LogP contribution in [0.4, 0.5) is 17.1 Å². The Morgan fingerprint density at radius 2 is 0.860 bits per heavy atom. The Morgan fingerprint density at radius 1 is 0.351 bits per heavy atom. The highest BCUT2D eigenvalue weighted by Crippen LogP contribution is 2.46. The zero-order valence-corrected chi connectivity index (χ0v) is 31.8. The van der Waals surface area contributed by atoms with Crippen LogP contribution < -0.4 is 4.90 Å². The van der Waals surface area contributed by atoms with Gasteiger partial charge in [0.15, 0.2) is 0 Å². The van der Waals surface area contributed by atoms with Gasteiger partial charge >= 0.3 is 0 Å². The van der Waals surface area contributed by atoms with Gasteiger partial charge in [-0.15, -0.1) is 11.3 Å². The summed E-state index contributed by atoms with van der Waals surface area (Å²) in [5.41, 5.74) is 14.4. The maximum atomic E-state index is 6.53. The van der Waals surface area contributed by atoms with Gasteiger partial charge in [0, 0.05) is 43.2 Å². The van der Waals surface area contributed by atoms with Crippen LogP contribution in [0.5, 0.6) is 0 Å². The van der Waals surface area contributed by atoms with Crippen molar-refractivity contribution < 1.29 is 4.42 Å². The summed E-state index contributed by atoms with van der Waals surface area (Å²) >= 11 is 1.86. The van der Waals surface area contributed by atoms with Gasteiger partial charge in [0.1, 0.15) is 11.2 Å². The van der Waals surface area contributed by atoms with Crippen molar-refractivity contribution in [3.63, 3.8) is 0 Å². The molecule has 11 aromatic rings. The van der Waals surface area contributed by atoms with Gasteiger partial charge in [0.05, 0.1) is 10.4 Å². The standard InChI is InChI=1S/C54H35NOS/c1-3-13-36(14-4-1)38-25-29-43(30-26-38)55(50-22-12-21-49-47-18-8-10-24-52(47)57-54(49)50)44-31-27-39(28-32-44)41-33-40(37-15-5-2-6-16-37)34-42(35-41)45-19-11-20-48-46-17-7-9-23-51(46)56-53(45)48/h1-35H. The zero-order chi connectivity index (χ0) is 37.7. The molecule has 0 unspecified atom stereocenters. The van der Waals surface area contributed by atoms with Crippen molar-refractivity contribution in [1.29, 1.82) is 0 Å². The number of fused-ring (bicyclic) bond motifs is 6. The van der Waals surface area contributed by atoms with Crippen LogP contribution in [0.2, 0.25) is 0 Å². The van der Waals surface area contributed by atoms with E-state index < -0.39 is 0 Å². The molecule has 2 heterocycles. The third-order valence-electron chi connectivity index (χ3n) is 11.1. The molecule has 11 rings (SSSR count). The average Bonchev–Trinajstić information content (AvgIpc) is 3.87. The zero-order valence-electron chi connectivity index (χ0n) is 31.0. The summed E-state index contributed by atoms with van der Waals surface area (Å²) in [6, 6.07) is 76.4. The van der Waals surface area contributed by atoms with Crippen LogP contribution in [-0.4, -0.2) is 0 Å². The molecule has 0 saturated heterocycles. The van der Waals surface area contributed by atoms with Crippen molar-refractivity contribution in [1.82, 2.24) is 0 Å². The van der Waals surface area contributed by atoms with Crippen LogP contribution in [0.1, 0.15) is 0 Å². The molecule has 57 heavy (non-hydrogen) atoms. The monoisotopic (exact) mass is 745 g/mol. The molecule has 0 bridgehead atoms. The Hall–Kier alpha value is -7.20. The molecule has 0 spiro atoms. The smallest absolute Gasteiger partial charge is 0.143 e. The van der Waals surface area contributed by atoms with E-state index in [1.54, 1.807) is 0 Å². The number of furan rings is 1. The predicted molar refractivity (Wildman–Crippen MR) is 243 cm³/mol. The second-order valence-electron chi connectivity index (χ2n) is 14.5. The van der Waals surface area contributed by atoms with E-state index in [1.807, 2.05) is 17.4 Å². The number of rotatable bonds is 7. The van der Waals surface area contributed by atoms with Crippen molar-refractivity contribution >= 4 is 70.5 Å². The molecule has 0 radical (unpaired) electrons. The molecule has 0 aliphatic carbocycles. The number of nitrogens with zero attached hydrogens (tertiary/aromatic N) is 1. The number of thiophene rings is 1. The number of hydrogen-bond acceptors (Lipinski definition) is 3. The van der Waals surface area contributed by atoms with Gasteiger partial charge < -0.3 is 9.32 Å². The van der Waals surface area contributed by atoms with Gasteiger partial charge in [-0.1, -0.05) is 152 Å². The maximum absolute atomic E-state index is 6.53. The molecule has 0 N–H and O–H groups in total. The molecular formula is C54H35NOS. The van der Waals surface area contributed by atoms with E-state index >= 15 is 0 Å². The van der Waals surface area contributed by atoms with Gasteiger partial charge in [0.2, 0.25) is 0 Å². The van der Waals surface area contributed by atoms with E-state index in [0.717, 1.165) is 61.1 Å². The fourth-order valence-electron chi connectivity index (χ4n) is 8.29. The highest BCUT2D eigenvalue weighted by Gasteiger charge is 2.19. The van der Waals surface area contributed by atoms with Crippen molar-refractivity contribution in [2.45, 2.75) is 0 Å². The third kappa shape index (κ3) is 5.88. The van der Waals surface area contributed by atoms with Crippen LogP contribution in [0, 0.1) is 0 Å². The van der Waals surface area contributed by atoms with Crippen LogP contribution >= 0.6 is 11.3 Å². The van der Waals surface area contributed by atoms with E-state index in [-0.39, 0.29) is 0 Å². The van der Waals surface area contributed by atoms with E-state index in [0.29, 0.717) is 0 Å². The Balaban J connectivity index is 1.05. The van der Waals surface area contributed by atoms with Crippen LogP contribution in [0.3, 0.4) is 0 Å². The Bertz CT molecular complexity index is 3210.